The molecule has 1 N–H and O–H groups in total. The second-order valence-electron chi connectivity index (χ2n) is 10.6. The maximum atomic E-state index is 14.3. The molecule has 0 fully saturated rings. The van der Waals surface area contributed by atoms with Crippen molar-refractivity contribution >= 4 is 46.5 Å². The third-order valence-corrected chi connectivity index (χ3v) is 8.04. The van der Waals surface area contributed by atoms with Gasteiger partial charge in [-0.2, -0.15) is 0 Å². The summed E-state index contributed by atoms with van der Waals surface area (Å²) < 4.78 is 23.2. The van der Waals surface area contributed by atoms with Crippen molar-refractivity contribution in [3.63, 3.8) is 0 Å². The van der Waals surface area contributed by atoms with E-state index in [0.717, 1.165) is 11.3 Å². The molecule has 224 valence electrons. The number of rotatable bonds is 11. The molecule has 1 aromatic heterocycles. The number of hydrogen-bond acceptors (Lipinski definition) is 9. The lowest BCUT2D eigenvalue weighted by Gasteiger charge is -2.33. The minimum Gasteiger partial charge on any atom is -0.493 e. The summed E-state index contributed by atoms with van der Waals surface area (Å²) in [5.74, 6) is -0.810. The molecule has 0 radical (unpaired) electrons. The molecule has 4 rings (SSSR count). The third-order valence-electron chi connectivity index (χ3n) is 6.76. The Kier molecular flexibility index (Phi) is 9.75. The summed E-state index contributed by atoms with van der Waals surface area (Å²) in [6, 6.07) is 10.7. The standard InChI is InChI=1S/C30H33ClN2O8S/c1-17(34)40-16-30(2,3)15-33-21-10-9-18(31)13-20(21)26(19-7-6-8-22(38-4)27(19)39-5)41-23(28(33)35)11-12-25-32-14-24(42-25)29(36)37/h6-10,13-14,23,26H,11-12,15-16H2,1-5H3,(H,36,37)/t23-,26-/m1/s1. The molecule has 12 heteroatoms. The number of carboxylic acid groups (broad SMARTS) is 1. The number of methoxy groups -OCH3 is 2. The number of fused-ring (bicyclic) bond motifs is 1. The van der Waals surface area contributed by atoms with E-state index in [1.807, 2.05) is 26.0 Å². The first-order chi connectivity index (χ1) is 19.9. The van der Waals surface area contributed by atoms with Gasteiger partial charge in [0.2, 0.25) is 0 Å². The van der Waals surface area contributed by atoms with Crippen LogP contribution in [0.15, 0.2) is 42.6 Å². The second-order valence-corrected chi connectivity index (χ2v) is 12.2. The average Bonchev–Trinajstić information content (AvgIpc) is 3.40. The predicted octanol–water partition coefficient (Wildman–Crippen LogP) is 5.56. The number of amides is 1. The van der Waals surface area contributed by atoms with E-state index < -0.39 is 29.6 Å². The number of aromatic carboxylic acids is 1. The van der Waals surface area contributed by atoms with Crippen molar-refractivity contribution in [2.75, 3.05) is 32.3 Å². The smallest absolute Gasteiger partial charge is 0.347 e. The van der Waals surface area contributed by atoms with E-state index in [-0.39, 0.29) is 30.4 Å². The van der Waals surface area contributed by atoms with Gasteiger partial charge in [0, 0.05) is 47.1 Å². The van der Waals surface area contributed by atoms with Gasteiger partial charge in [-0.05, 0) is 30.7 Å². The van der Waals surface area contributed by atoms with E-state index in [0.29, 0.717) is 44.8 Å². The van der Waals surface area contributed by atoms with Crippen molar-refractivity contribution in [2.45, 2.75) is 45.8 Å². The zero-order valence-corrected chi connectivity index (χ0v) is 25.6. The number of aromatic nitrogens is 1. The molecular weight excluding hydrogens is 584 g/mol. The number of thiazole rings is 1. The Bertz CT molecular complexity index is 1470. The first-order valence-corrected chi connectivity index (χ1v) is 14.4. The van der Waals surface area contributed by atoms with Crippen molar-refractivity contribution in [3.05, 3.63) is 68.6 Å². The largest absolute Gasteiger partial charge is 0.493 e. The van der Waals surface area contributed by atoms with Crippen LogP contribution in [-0.4, -0.2) is 61.4 Å². The van der Waals surface area contributed by atoms with Gasteiger partial charge in [-0.25, -0.2) is 9.78 Å². The molecule has 42 heavy (non-hydrogen) atoms. The maximum Gasteiger partial charge on any atom is 0.347 e. The molecule has 2 atom stereocenters. The molecule has 10 nitrogen and oxygen atoms in total. The first kappa shape index (κ1) is 31.3. The van der Waals surface area contributed by atoms with Gasteiger partial charge in [0.05, 0.1) is 32.0 Å². The molecular formula is C30H33ClN2O8S. The SMILES string of the molecule is COc1cccc([C@H]2O[C@H](CCc3ncc(C(=O)O)s3)C(=O)N(CC(C)(C)COC(C)=O)c3ccc(Cl)cc32)c1OC. The van der Waals surface area contributed by atoms with Crippen LogP contribution in [0.5, 0.6) is 11.5 Å². The predicted molar refractivity (Wildman–Crippen MR) is 158 cm³/mol. The van der Waals surface area contributed by atoms with Crippen LogP contribution in [0.2, 0.25) is 5.02 Å². The van der Waals surface area contributed by atoms with Crippen molar-refractivity contribution in [1.29, 1.82) is 0 Å². The summed E-state index contributed by atoms with van der Waals surface area (Å²) in [5, 5.41) is 10.3. The van der Waals surface area contributed by atoms with Crippen LogP contribution in [0.4, 0.5) is 5.69 Å². The molecule has 0 spiro atoms. The Morgan fingerprint density at radius 2 is 1.93 bits per heavy atom. The van der Waals surface area contributed by atoms with Gasteiger partial charge >= 0.3 is 11.9 Å². The number of aryl methyl sites for hydroxylation is 1. The van der Waals surface area contributed by atoms with Crippen LogP contribution >= 0.6 is 22.9 Å². The van der Waals surface area contributed by atoms with Crippen molar-refractivity contribution in [3.8, 4) is 11.5 Å². The average molecular weight is 617 g/mol. The highest BCUT2D eigenvalue weighted by Gasteiger charge is 2.40. The number of hydrogen-bond donors (Lipinski definition) is 1. The highest BCUT2D eigenvalue weighted by Crippen LogP contribution is 2.45. The summed E-state index contributed by atoms with van der Waals surface area (Å²) in [6.07, 6.45) is 0.141. The van der Waals surface area contributed by atoms with Gasteiger partial charge in [-0.3, -0.25) is 9.59 Å². The number of esters is 1. The fourth-order valence-electron chi connectivity index (χ4n) is 4.83. The van der Waals surface area contributed by atoms with Gasteiger partial charge in [-0.15, -0.1) is 11.3 Å². The van der Waals surface area contributed by atoms with Gasteiger partial charge in [0.15, 0.2) is 11.5 Å². The summed E-state index contributed by atoms with van der Waals surface area (Å²) in [7, 11) is 3.07. The Morgan fingerprint density at radius 1 is 1.17 bits per heavy atom. The van der Waals surface area contributed by atoms with Crippen molar-refractivity contribution < 1.29 is 38.4 Å². The zero-order valence-electron chi connectivity index (χ0n) is 24.0. The quantitative estimate of drug-likeness (QED) is 0.276. The fourth-order valence-corrected chi connectivity index (χ4v) is 5.79. The number of benzene rings is 2. The lowest BCUT2D eigenvalue weighted by molar-refractivity contribution is -0.143. The van der Waals surface area contributed by atoms with Crippen molar-refractivity contribution in [2.24, 2.45) is 5.41 Å². The van der Waals surface area contributed by atoms with Gasteiger partial charge in [0.1, 0.15) is 17.1 Å². The molecule has 0 aliphatic carbocycles. The summed E-state index contributed by atoms with van der Waals surface area (Å²) >= 11 is 7.55. The number of anilines is 1. The lowest BCUT2D eigenvalue weighted by Crippen LogP contribution is -2.45. The minimum atomic E-state index is -1.06. The summed E-state index contributed by atoms with van der Waals surface area (Å²) in [5.41, 5.74) is 1.28. The van der Waals surface area contributed by atoms with E-state index in [4.69, 9.17) is 30.5 Å². The van der Waals surface area contributed by atoms with E-state index in [1.54, 1.807) is 36.3 Å². The topological polar surface area (TPSA) is 124 Å². The van der Waals surface area contributed by atoms with Gasteiger partial charge in [-0.1, -0.05) is 37.6 Å². The molecule has 0 saturated heterocycles. The molecule has 2 heterocycles. The third kappa shape index (κ3) is 7.03. The van der Waals surface area contributed by atoms with Gasteiger partial charge in [0.25, 0.3) is 5.91 Å². The minimum absolute atomic E-state index is 0.102. The Labute approximate surface area is 253 Å². The van der Waals surface area contributed by atoms with Crippen LogP contribution in [-0.2, 0) is 25.5 Å². The molecule has 0 saturated carbocycles. The monoisotopic (exact) mass is 616 g/mol. The van der Waals surface area contributed by atoms with E-state index in [1.165, 1.54) is 20.2 Å². The number of carbonyl (C=O) groups is 3. The molecule has 3 aromatic rings. The van der Waals surface area contributed by atoms with Crippen LogP contribution in [0.1, 0.15) is 59.1 Å². The summed E-state index contributed by atoms with van der Waals surface area (Å²) in [4.78, 5) is 43.2. The number of carbonyl (C=O) groups excluding carboxylic acids is 2. The Morgan fingerprint density at radius 3 is 2.57 bits per heavy atom. The molecule has 0 unspecified atom stereocenters. The second kappa shape index (κ2) is 13.1. The number of halogens is 1. The van der Waals surface area contributed by atoms with Gasteiger partial charge < -0.3 is 29.0 Å². The number of ether oxygens (including phenoxy) is 4. The normalized spacial score (nSPS) is 16.9. The van der Waals surface area contributed by atoms with E-state index >= 15 is 0 Å². The van der Waals surface area contributed by atoms with Crippen LogP contribution < -0.4 is 14.4 Å². The van der Waals surface area contributed by atoms with E-state index in [2.05, 4.69) is 4.98 Å². The molecule has 1 aliphatic heterocycles. The van der Waals surface area contributed by atoms with Crippen LogP contribution in [0.3, 0.4) is 0 Å². The lowest BCUT2D eigenvalue weighted by atomic mass is 9.92. The molecule has 1 aliphatic rings. The number of nitrogens with zero attached hydrogens (tertiary/aromatic N) is 2. The number of para-hydroxylation sites is 1. The van der Waals surface area contributed by atoms with Crippen molar-refractivity contribution in [1.82, 2.24) is 4.98 Å². The Balaban J connectivity index is 1.81. The Hall–Kier alpha value is -3.67. The molecule has 1 amide bonds. The fraction of sp³-hybridized carbons (Fsp3) is 0.400. The van der Waals surface area contributed by atoms with Crippen LogP contribution in [0, 0.1) is 5.41 Å². The zero-order chi connectivity index (χ0) is 30.6. The highest BCUT2D eigenvalue weighted by atomic mass is 35.5. The van der Waals surface area contributed by atoms with Crippen LogP contribution in [0.25, 0.3) is 0 Å². The first-order valence-electron chi connectivity index (χ1n) is 13.2. The van der Waals surface area contributed by atoms with E-state index in [9.17, 15) is 19.5 Å². The maximum absolute atomic E-state index is 14.3. The summed E-state index contributed by atoms with van der Waals surface area (Å²) in [6.45, 7) is 5.48. The number of carboxylic acids is 1. The molecule has 2 aromatic carbocycles. The highest BCUT2D eigenvalue weighted by molar-refractivity contribution is 7.13. The molecule has 0 bridgehead atoms.